The van der Waals surface area contributed by atoms with Crippen LogP contribution in [0.5, 0.6) is 0 Å². The van der Waals surface area contributed by atoms with Crippen LogP contribution in [0.15, 0.2) is 27.8 Å². The zero-order valence-corrected chi connectivity index (χ0v) is 14.5. The monoisotopic (exact) mass is 358 g/mol. The van der Waals surface area contributed by atoms with Crippen LogP contribution in [0.25, 0.3) is 0 Å². The zero-order valence-electron chi connectivity index (χ0n) is 11.3. The van der Waals surface area contributed by atoms with E-state index in [1.165, 1.54) is 4.88 Å². The second-order valence-corrected chi connectivity index (χ2v) is 9.47. The Morgan fingerprint density at radius 2 is 2.19 bits per heavy atom. The first kappa shape index (κ1) is 15.1. The summed E-state index contributed by atoms with van der Waals surface area (Å²) in [7, 11) is -3.50. The molecule has 1 unspecified atom stereocenters. The second-order valence-electron chi connectivity index (χ2n) is 4.82. The largest absolute Gasteiger partial charge is 0.389 e. The molecule has 2 aromatic rings. The summed E-state index contributed by atoms with van der Waals surface area (Å²) in [6, 6.07) is 5.14. The van der Waals surface area contributed by atoms with Crippen LogP contribution in [0, 0.1) is 0 Å². The summed E-state index contributed by atoms with van der Waals surface area (Å²) in [4.78, 5) is 2.14. The van der Waals surface area contributed by atoms with Crippen molar-refractivity contribution in [3.05, 3.63) is 38.9 Å². The highest BCUT2D eigenvalue weighted by Gasteiger charge is 2.35. The maximum Gasteiger partial charge on any atom is 0.253 e. The fraction of sp³-hybridized carbons (Fsp3) is 0.308. The van der Waals surface area contributed by atoms with Gasteiger partial charge in [0.05, 0.1) is 4.88 Å². The first-order chi connectivity index (χ1) is 9.91. The Morgan fingerprint density at radius 3 is 2.86 bits per heavy atom. The average molecular weight is 359 g/mol. The lowest BCUT2D eigenvalue weighted by Crippen LogP contribution is -2.37. The fourth-order valence-electron chi connectivity index (χ4n) is 2.52. The molecule has 0 bridgehead atoms. The lowest BCUT2D eigenvalue weighted by Gasteiger charge is -2.32. The third-order valence-corrected chi connectivity index (χ3v) is 8.51. The van der Waals surface area contributed by atoms with E-state index in [9.17, 15) is 8.42 Å². The molecule has 3 heterocycles. The molecule has 0 radical (unpaired) electrons. The molecular weight excluding hydrogens is 344 g/mol. The van der Waals surface area contributed by atoms with E-state index in [4.69, 9.17) is 18.0 Å². The van der Waals surface area contributed by atoms with Gasteiger partial charge in [0.15, 0.2) is 0 Å². The molecule has 4 nitrogen and oxygen atoms in total. The Bertz CT molecular complexity index is 791. The highest BCUT2D eigenvalue weighted by Crippen LogP contribution is 2.37. The van der Waals surface area contributed by atoms with E-state index >= 15 is 0 Å². The number of fused-ring (bicyclic) bond motifs is 1. The van der Waals surface area contributed by atoms with Crippen molar-refractivity contribution in [2.45, 2.75) is 23.6 Å². The van der Waals surface area contributed by atoms with Crippen molar-refractivity contribution in [3.8, 4) is 0 Å². The summed E-state index contributed by atoms with van der Waals surface area (Å²) in [5.74, 6) is 0. The molecule has 2 aromatic heterocycles. The quantitative estimate of drug-likeness (QED) is 0.857. The molecule has 0 aliphatic carbocycles. The minimum absolute atomic E-state index is 0.139. The molecule has 0 spiro atoms. The van der Waals surface area contributed by atoms with E-state index in [1.807, 2.05) is 18.4 Å². The lowest BCUT2D eigenvalue weighted by molar-refractivity contribution is 0.330. The molecule has 2 N–H and O–H groups in total. The number of nitrogens with two attached hydrogens (primary N) is 1. The van der Waals surface area contributed by atoms with Crippen molar-refractivity contribution in [2.24, 2.45) is 5.73 Å². The van der Waals surface area contributed by atoms with Crippen LogP contribution in [-0.2, 0) is 16.4 Å². The number of hydrogen-bond donors (Lipinski definition) is 1. The van der Waals surface area contributed by atoms with Crippen LogP contribution in [0.1, 0.15) is 28.3 Å². The molecule has 0 amide bonds. The van der Waals surface area contributed by atoms with E-state index in [-0.39, 0.29) is 11.0 Å². The number of sulfonamides is 1. The van der Waals surface area contributed by atoms with Crippen LogP contribution in [-0.4, -0.2) is 24.3 Å². The fourth-order valence-corrected chi connectivity index (χ4v) is 6.58. The molecule has 1 aliphatic heterocycles. The number of thiocarbonyl (C=S) groups is 1. The molecule has 0 aromatic carbocycles. The first-order valence-corrected chi connectivity index (χ1v) is 9.93. The smallest absolute Gasteiger partial charge is 0.253 e. The van der Waals surface area contributed by atoms with Gasteiger partial charge in [0.2, 0.25) is 0 Å². The SMILES string of the molecule is CC1c2ccsc2CCN1S(=O)(=O)c1ccc(C(N)=S)s1. The molecule has 21 heavy (non-hydrogen) atoms. The van der Waals surface area contributed by atoms with Crippen LogP contribution < -0.4 is 5.73 Å². The highest BCUT2D eigenvalue weighted by molar-refractivity contribution is 7.91. The van der Waals surface area contributed by atoms with Crippen molar-refractivity contribution < 1.29 is 8.42 Å². The van der Waals surface area contributed by atoms with Crippen molar-refractivity contribution in [3.63, 3.8) is 0 Å². The summed E-state index contributed by atoms with van der Waals surface area (Å²) < 4.78 is 27.5. The molecule has 112 valence electrons. The standard InChI is InChI=1S/C13H14N2O2S4/c1-8-9-5-7-19-10(9)4-6-15(8)21(16,17)12-3-2-11(20-12)13(14)18/h2-3,5,7-8H,4,6H2,1H3,(H2,14,18). The van der Waals surface area contributed by atoms with Crippen molar-refractivity contribution in [2.75, 3.05) is 6.54 Å². The molecular formula is C13H14N2O2S4. The normalized spacial score (nSPS) is 19.4. The van der Waals surface area contributed by atoms with E-state index in [0.29, 0.717) is 15.6 Å². The molecule has 1 atom stereocenters. The van der Waals surface area contributed by atoms with Gasteiger partial charge in [0.1, 0.15) is 9.20 Å². The summed E-state index contributed by atoms with van der Waals surface area (Å²) in [6.45, 7) is 2.45. The Kier molecular flexibility index (Phi) is 3.91. The number of rotatable bonds is 3. The molecule has 1 aliphatic rings. The Hall–Kier alpha value is -0.800. The minimum Gasteiger partial charge on any atom is -0.389 e. The van der Waals surface area contributed by atoms with Gasteiger partial charge in [0, 0.05) is 17.5 Å². The topological polar surface area (TPSA) is 63.4 Å². The van der Waals surface area contributed by atoms with Gasteiger partial charge >= 0.3 is 0 Å². The minimum atomic E-state index is -3.50. The first-order valence-electron chi connectivity index (χ1n) is 6.39. The third-order valence-electron chi connectivity index (χ3n) is 3.61. The summed E-state index contributed by atoms with van der Waals surface area (Å²) in [5.41, 5.74) is 6.67. The third kappa shape index (κ3) is 2.55. The maximum atomic E-state index is 12.8. The van der Waals surface area contributed by atoms with Gasteiger partial charge in [0.25, 0.3) is 10.0 Å². The van der Waals surface area contributed by atoms with Crippen molar-refractivity contribution in [1.82, 2.24) is 4.31 Å². The molecule has 3 rings (SSSR count). The van der Waals surface area contributed by atoms with E-state index < -0.39 is 10.0 Å². The van der Waals surface area contributed by atoms with Gasteiger partial charge in [-0.15, -0.1) is 22.7 Å². The van der Waals surface area contributed by atoms with Gasteiger partial charge in [-0.05, 0) is 42.5 Å². The van der Waals surface area contributed by atoms with E-state index in [2.05, 4.69) is 0 Å². The second kappa shape index (κ2) is 5.44. The molecule has 0 saturated carbocycles. The summed E-state index contributed by atoms with van der Waals surface area (Å²) in [6.07, 6.45) is 0.768. The van der Waals surface area contributed by atoms with Gasteiger partial charge < -0.3 is 5.73 Å². The Labute approximate surface area is 137 Å². The van der Waals surface area contributed by atoms with Gasteiger partial charge in [-0.3, -0.25) is 0 Å². The van der Waals surface area contributed by atoms with Crippen LogP contribution in [0.2, 0.25) is 0 Å². The van der Waals surface area contributed by atoms with Gasteiger partial charge in [-0.25, -0.2) is 8.42 Å². The molecule has 8 heteroatoms. The van der Waals surface area contributed by atoms with Gasteiger partial charge in [-0.2, -0.15) is 4.31 Å². The zero-order chi connectivity index (χ0) is 15.2. The molecule has 0 fully saturated rings. The maximum absolute atomic E-state index is 12.8. The Morgan fingerprint density at radius 1 is 1.43 bits per heavy atom. The predicted molar refractivity (Wildman–Crippen MR) is 90.5 cm³/mol. The number of nitrogens with zero attached hydrogens (tertiary/aromatic N) is 1. The summed E-state index contributed by atoms with van der Waals surface area (Å²) >= 11 is 7.73. The van der Waals surface area contributed by atoms with Crippen LogP contribution in [0.3, 0.4) is 0 Å². The van der Waals surface area contributed by atoms with Crippen molar-refractivity contribution >= 4 is 49.9 Å². The van der Waals surface area contributed by atoms with E-state index in [0.717, 1.165) is 23.3 Å². The lowest BCUT2D eigenvalue weighted by atomic mass is 10.0. The van der Waals surface area contributed by atoms with Crippen LogP contribution >= 0.6 is 34.9 Å². The van der Waals surface area contributed by atoms with E-state index in [1.54, 1.807) is 27.8 Å². The Balaban J connectivity index is 1.97. The van der Waals surface area contributed by atoms with Crippen molar-refractivity contribution in [1.29, 1.82) is 0 Å². The van der Waals surface area contributed by atoms with Gasteiger partial charge in [-0.1, -0.05) is 12.2 Å². The number of hydrogen-bond acceptors (Lipinski definition) is 5. The highest BCUT2D eigenvalue weighted by atomic mass is 32.2. The number of thiophene rings is 2. The van der Waals surface area contributed by atoms with Crippen LogP contribution in [0.4, 0.5) is 0 Å². The molecule has 0 saturated heterocycles. The summed E-state index contributed by atoms with van der Waals surface area (Å²) in [5, 5.41) is 2.02. The predicted octanol–water partition coefficient (Wildman–Crippen LogP) is 2.75. The average Bonchev–Trinajstić information content (AvgIpc) is 3.08.